The monoisotopic (exact) mass is 342 g/mol. The molecule has 2 aromatic carbocycles. The second kappa shape index (κ2) is 7.44. The van der Waals surface area contributed by atoms with E-state index in [0.29, 0.717) is 17.7 Å². The van der Waals surface area contributed by atoms with E-state index in [9.17, 15) is 19.1 Å². The third kappa shape index (κ3) is 4.03. The van der Waals surface area contributed by atoms with Crippen molar-refractivity contribution in [2.24, 2.45) is 0 Å². The Morgan fingerprint density at radius 2 is 2.04 bits per heavy atom. The molecule has 0 fully saturated rings. The minimum Gasteiger partial charge on any atom is -0.388 e. The van der Waals surface area contributed by atoms with Gasteiger partial charge in [0.1, 0.15) is 5.82 Å². The first-order valence-electron chi connectivity index (χ1n) is 8.14. The number of hydrogen-bond donors (Lipinski definition) is 3. The SMILES string of the molecule is O=C1CC(C(=O)NCCC(O)c2ccccc2)c2ccc(F)cc2N1. The predicted octanol–water partition coefficient (Wildman–Crippen LogP) is 2.49. The van der Waals surface area contributed by atoms with Crippen molar-refractivity contribution < 1.29 is 19.1 Å². The second-order valence-corrected chi connectivity index (χ2v) is 6.04. The third-order valence-corrected chi connectivity index (χ3v) is 4.27. The van der Waals surface area contributed by atoms with Gasteiger partial charge in [-0.2, -0.15) is 0 Å². The molecule has 5 nitrogen and oxygen atoms in total. The predicted molar refractivity (Wildman–Crippen MR) is 91.4 cm³/mol. The molecular formula is C19H19FN2O3. The fourth-order valence-corrected chi connectivity index (χ4v) is 2.97. The van der Waals surface area contributed by atoms with Crippen LogP contribution in [0.15, 0.2) is 48.5 Å². The number of aliphatic hydroxyl groups excluding tert-OH is 1. The van der Waals surface area contributed by atoms with Crippen molar-refractivity contribution in [1.82, 2.24) is 5.32 Å². The van der Waals surface area contributed by atoms with Crippen LogP contribution in [0.3, 0.4) is 0 Å². The van der Waals surface area contributed by atoms with E-state index in [0.717, 1.165) is 5.56 Å². The van der Waals surface area contributed by atoms with E-state index in [-0.39, 0.29) is 24.8 Å². The first kappa shape index (κ1) is 17.1. The number of rotatable bonds is 5. The average Bonchev–Trinajstić information content (AvgIpc) is 2.61. The molecule has 0 bridgehead atoms. The van der Waals surface area contributed by atoms with Crippen LogP contribution in [0.2, 0.25) is 0 Å². The molecule has 1 aliphatic heterocycles. The standard InChI is InChI=1S/C19H19FN2O3/c20-13-6-7-14-15(11-18(24)22-16(14)10-13)19(25)21-9-8-17(23)12-4-2-1-3-5-12/h1-7,10,15,17,23H,8-9,11H2,(H,21,25)(H,22,24). The van der Waals surface area contributed by atoms with Crippen LogP contribution in [0.5, 0.6) is 0 Å². The lowest BCUT2D eigenvalue weighted by atomic mass is 9.89. The van der Waals surface area contributed by atoms with Gasteiger partial charge in [0, 0.05) is 18.7 Å². The number of amides is 2. The number of aliphatic hydroxyl groups is 1. The van der Waals surface area contributed by atoms with E-state index in [1.165, 1.54) is 18.2 Å². The molecule has 0 aromatic heterocycles. The van der Waals surface area contributed by atoms with Crippen LogP contribution in [0.4, 0.5) is 10.1 Å². The summed E-state index contributed by atoms with van der Waals surface area (Å²) in [4.78, 5) is 24.2. The Kier molecular flexibility index (Phi) is 5.09. The van der Waals surface area contributed by atoms with E-state index in [4.69, 9.17) is 0 Å². The zero-order valence-electron chi connectivity index (χ0n) is 13.5. The van der Waals surface area contributed by atoms with Crippen LogP contribution < -0.4 is 10.6 Å². The first-order valence-corrected chi connectivity index (χ1v) is 8.14. The summed E-state index contributed by atoms with van der Waals surface area (Å²) in [6.07, 6.45) is -0.283. The van der Waals surface area contributed by atoms with E-state index >= 15 is 0 Å². The number of nitrogens with one attached hydrogen (secondary N) is 2. The minimum atomic E-state index is -0.669. The lowest BCUT2D eigenvalue weighted by Crippen LogP contribution is -2.35. The summed E-state index contributed by atoms with van der Waals surface area (Å²) in [5, 5.41) is 15.5. The maximum Gasteiger partial charge on any atom is 0.228 e. The van der Waals surface area contributed by atoms with Gasteiger partial charge in [-0.1, -0.05) is 36.4 Å². The number of benzene rings is 2. The average molecular weight is 342 g/mol. The van der Waals surface area contributed by atoms with Crippen molar-refractivity contribution in [3.63, 3.8) is 0 Å². The van der Waals surface area contributed by atoms with Crippen molar-refractivity contribution in [2.45, 2.75) is 24.9 Å². The molecule has 0 saturated carbocycles. The van der Waals surface area contributed by atoms with Crippen molar-refractivity contribution in [3.05, 3.63) is 65.5 Å². The molecule has 0 spiro atoms. The minimum absolute atomic E-state index is 0.0195. The van der Waals surface area contributed by atoms with Gasteiger partial charge in [0.25, 0.3) is 0 Å². The molecule has 0 aliphatic carbocycles. The Labute approximate surface area is 144 Å². The Morgan fingerprint density at radius 3 is 2.80 bits per heavy atom. The third-order valence-electron chi connectivity index (χ3n) is 4.27. The number of hydrogen-bond acceptors (Lipinski definition) is 3. The van der Waals surface area contributed by atoms with E-state index in [1.807, 2.05) is 30.3 Å². The molecule has 2 aromatic rings. The van der Waals surface area contributed by atoms with Gasteiger partial charge in [0.15, 0.2) is 0 Å². The summed E-state index contributed by atoms with van der Waals surface area (Å²) in [5.41, 5.74) is 1.72. The van der Waals surface area contributed by atoms with E-state index in [1.54, 1.807) is 0 Å². The first-order chi connectivity index (χ1) is 12.0. The maximum absolute atomic E-state index is 13.3. The molecule has 0 radical (unpaired) electrons. The molecular weight excluding hydrogens is 323 g/mol. The number of carbonyl (C=O) groups excluding carboxylic acids is 2. The summed E-state index contributed by atoms with van der Waals surface area (Å²) in [6, 6.07) is 13.2. The summed E-state index contributed by atoms with van der Waals surface area (Å²) in [5.74, 6) is -1.74. The van der Waals surface area contributed by atoms with Gasteiger partial charge in [-0.15, -0.1) is 0 Å². The highest BCUT2D eigenvalue weighted by Gasteiger charge is 2.30. The molecule has 2 amide bonds. The molecule has 1 aliphatic rings. The Bertz CT molecular complexity index is 779. The summed E-state index contributed by atoms with van der Waals surface area (Å²) in [7, 11) is 0. The highest BCUT2D eigenvalue weighted by Crippen LogP contribution is 2.32. The summed E-state index contributed by atoms with van der Waals surface area (Å²) < 4.78 is 13.3. The molecule has 6 heteroatoms. The Morgan fingerprint density at radius 1 is 1.28 bits per heavy atom. The zero-order valence-corrected chi connectivity index (χ0v) is 13.5. The fraction of sp³-hybridized carbons (Fsp3) is 0.263. The Balaban J connectivity index is 1.61. The van der Waals surface area contributed by atoms with Crippen molar-refractivity contribution in [2.75, 3.05) is 11.9 Å². The van der Waals surface area contributed by atoms with E-state index in [2.05, 4.69) is 10.6 Å². The van der Waals surface area contributed by atoms with Crippen LogP contribution in [0.25, 0.3) is 0 Å². The van der Waals surface area contributed by atoms with Crippen molar-refractivity contribution in [3.8, 4) is 0 Å². The lowest BCUT2D eigenvalue weighted by molar-refractivity contribution is -0.126. The molecule has 2 atom stereocenters. The normalized spacial score (nSPS) is 17.4. The van der Waals surface area contributed by atoms with Crippen LogP contribution in [0.1, 0.15) is 36.0 Å². The largest absolute Gasteiger partial charge is 0.388 e. The quantitative estimate of drug-likeness (QED) is 0.781. The molecule has 130 valence electrons. The smallest absolute Gasteiger partial charge is 0.228 e. The molecule has 3 rings (SSSR count). The highest BCUT2D eigenvalue weighted by molar-refractivity contribution is 6.01. The van der Waals surface area contributed by atoms with Gasteiger partial charge in [-0.25, -0.2) is 4.39 Å². The van der Waals surface area contributed by atoms with Crippen molar-refractivity contribution in [1.29, 1.82) is 0 Å². The summed E-state index contributed by atoms with van der Waals surface area (Å²) in [6.45, 7) is 0.281. The summed E-state index contributed by atoms with van der Waals surface area (Å²) >= 11 is 0. The second-order valence-electron chi connectivity index (χ2n) is 6.04. The van der Waals surface area contributed by atoms with Crippen LogP contribution in [-0.4, -0.2) is 23.5 Å². The Hall–Kier alpha value is -2.73. The topological polar surface area (TPSA) is 78.4 Å². The van der Waals surface area contributed by atoms with Crippen molar-refractivity contribution >= 4 is 17.5 Å². The molecule has 25 heavy (non-hydrogen) atoms. The van der Waals surface area contributed by atoms with Crippen LogP contribution in [-0.2, 0) is 9.59 Å². The van der Waals surface area contributed by atoms with Gasteiger partial charge in [-0.3, -0.25) is 9.59 Å². The van der Waals surface area contributed by atoms with Gasteiger partial charge in [0.05, 0.1) is 12.0 Å². The number of anilines is 1. The van der Waals surface area contributed by atoms with Gasteiger partial charge in [0.2, 0.25) is 11.8 Å². The van der Waals surface area contributed by atoms with Gasteiger partial charge < -0.3 is 15.7 Å². The maximum atomic E-state index is 13.3. The lowest BCUT2D eigenvalue weighted by Gasteiger charge is -2.25. The zero-order chi connectivity index (χ0) is 17.8. The number of halogens is 1. The molecule has 3 N–H and O–H groups in total. The van der Waals surface area contributed by atoms with Gasteiger partial charge >= 0.3 is 0 Å². The van der Waals surface area contributed by atoms with Crippen LogP contribution in [0, 0.1) is 5.82 Å². The molecule has 0 saturated heterocycles. The van der Waals surface area contributed by atoms with Crippen LogP contribution >= 0.6 is 0 Å². The van der Waals surface area contributed by atoms with Gasteiger partial charge in [-0.05, 0) is 29.7 Å². The molecule has 2 unspecified atom stereocenters. The fourth-order valence-electron chi connectivity index (χ4n) is 2.97. The van der Waals surface area contributed by atoms with E-state index < -0.39 is 17.8 Å². The number of carbonyl (C=O) groups is 2. The number of fused-ring (bicyclic) bond motifs is 1. The highest BCUT2D eigenvalue weighted by atomic mass is 19.1. The molecule has 1 heterocycles.